The third-order valence-electron chi connectivity index (χ3n) is 3.52. The summed E-state index contributed by atoms with van der Waals surface area (Å²) in [6, 6.07) is 6.43. The summed E-state index contributed by atoms with van der Waals surface area (Å²) < 4.78 is 2.25. The Morgan fingerprint density at radius 3 is 2.59 bits per heavy atom. The lowest BCUT2D eigenvalue weighted by Gasteiger charge is -2.10. The Morgan fingerprint density at radius 2 is 1.88 bits per heavy atom. The third kappa shape index (κ3) is 4.38. The predicted octanol–water partition coefficient (Wildman–Crippen LogP) is 4.88. The summed E-state index contributed by atoms with van der Waals surface area (Å²) in [5, 5.41) is 3.54. The van der Waals surface area contributed by atoms with Gasteiger partial charge in [-0.15, -0.1) is 0 Å². The van der Waals surface area contributed by atoms with Gasteiger partial charge in [-0.3, -0.25) is 0 Å². The SMILES string of the molecule is Brc1ccc(CNCCC2CCCC2)cc1Br. The van der Waals surface area contributed by atoms with Gasteiger partial charge in [-0.2, -0.15) is 0 Å². The fraction of sp³-hybridized carbons (Fsp3) is 0.571. The fourth-order valence-electron chi connectivity index (χ4n) is 2.49. The van der Waals surface area contributed by atoms with E-state index in [0.717, 1.165) is 28.0 Å². The standard InChI is InChI=1S/C14H19Br2N/c15-13-6-5-12(9-14(13)16)10-17-8-7-11-3-1-2-4-11/h5-6,9,11,17H,1-4,7-8,10H2. The van der Waals surface area contributed by atoms with Crippen molar-refractivity contribution in [3.05, 3.63) is 32.7 Å². The van der Waals surface area contributed by atoms with Gasteiger partial charge in [0.15, 0.2) is 0 Å². The smallest absolute Gasteiger partial charge is 0.0320 e. The van der Waals surface area contributed by atoms with Crippen LogP contribution in [0.4, 0.5) is 0 Å². The minimum absolute atomic E-state index is 0.971. The van der Waals surface area contributed by atoms with E-state index < -0.39 is 0 Å². The second kappa shape index (κ2) is 6.91. The molecule has 0 aromatic heterocycles. The molecule has 1 saturated carbocycles. The van der Waals surface area contributed by atoms with Crippen molar-refractivity contribution in [3.8, 4) is 0 Å². The molecule has 0 amide bonds. The molecule has 1 N–H and O–H groups in total. The monoisotopic (exact) mass is 359 g/mol. The van der Waals surface area contributed by atoms with Crippen LogP contribution in [0.15, 0.2) is 27.1 Å². The highest BCUT2D eigenvalue weighted by molar-refractivity contribution is 9.13. The van der Waals surface area contributed by atoms with Gasteiger partial charge in [0.1, 0.15) is 0 Å². The summed E-state index contributed by atoms with van der Waals surface area (Å²) >= 11 is 7.02. The van der Waals surface area contributed by atoms with Gasteiger partial charge in [0.05, 0.1) is 0 Å². The molecule has 1 aromatic carbocycles. The normalized spacial score (nSPS) is 16.6. The molecular formula is C14H19Br2N. The zero-order valence-electron chi connectivity index (χ0n) is 10.0. The minimum Gasteiger partial charge on any atom is -0.313 e. The van der Waals surface area contributed by atoms with Crippen molar-refractivity contribution >= 4 is 31.9 Å². The first-order chi connectivity index (χ1) is 8.25. The van der Waals surface area contributed by atoms with Gasteiger partial charge < -0.3 is 5.32 Å². The number of rotatable bonds is 5. The maximum Gasteiger partial charge on any atom is 0.0320 e. The van der Waals surface area contributed by atoms with Crippen LogP contribution in [0.25, 0.3) is 0 Å². The molecule has 94 valence electrons. The van der Waals surface area contributed by atoms with E-state index in [1.54, 1.807) is 0 Å². The van der Waals surface area contributed by atoms with Crippen molar-refractivity contribution in [2.45, 2.75) is 38.6 Å². The van der Waals surface area contributed by atoms with Crippen LogP contribution < -0.4 is 5.32 Å². The molecule has 1 aliphatic carbocycles. The maximum atomic E-state index is 3.54. The van der Waals surface area contributed by atoms with Crippen LogP contribution in [0.3, 0.4) is 0 Å². The molecule has 0 spiro atoms. The molecule has 0 radical (unpaired) electrons. The fourth-order valence-corrected chi connectivity index (χ4v) is 3.16. The quantitative estimate of drug-likeness (QED) is 0.737. The maximum absolute atomic E-state index is 3.54. The molecule has 0 heterocycles. The van der Waals surface area contributed by atoms with Crippen LogP contribution >= 0.6 is 31.9 Å². The first-order valence-electron chi connectivity index (χ1n) is 6.40. The molecule has 17 heavy (non-hydrogen) atoms. The summed E-state index contributed by atoms with van der Waals surface area (Å²) in [6.45, 7) is 2.12. The van der Waals surface area contributed by atoms with Gasteiger partial charge in [0.2, 0.25) is 0 Å². The number of halogens is 2. The van der Waals surface area contributed by atoms with Crippen molar-refractivity contribution in [2.75, 3.05) is 6.54 Å². The van der Waals surface area contributed by atoms with Crippen LogP contribution in [-0.2, 0) is 6.54 Å². The van der Waals surface area contributed by atoms with Gasteiger partial charge >= 0.3 is 0 Å². The Balaban J connectivity index is 1.68. The van der Waals surface area contributed by atoms with E-state index in [1.807, 2.05) is 0 Å². The van der Waals surface area contributed by atoms with Gasteiger partial charge in [0, 0.05) is 15.5 Å². The summed E-state index contributed by atoms with van der Waals surface area (Å²) in [4.78, 5) is 0. The summed E-state index contributed by atoms with van der Waals surface area (Å²) in [5.41, 5.74) is 1.34. The van der Waals surface area contributed by atoms with Crippen molar-refractivity contribution < 1.29 is 0 Å². The van der Waals surface area contributed by atoms with E-state index in [1.165, 1.54) is 37.7 Å². The van der Waals surface area contributed by atoms with Crippen LogP contribution in [0.1, 0.15) is 37.7 Å². The molecule has 0 unspecified atom stereocenters. The molecule has 1 aliphatic rings. The average Bonchev–Trinajstić information content (AvgIpc) is 2.82. The van der Waals surface area contributed by atoms with Crippen molar-refractivity contribution in [3.63, 3.8) is 0 Å². The van der Waals surface area contributed by atoms with E-state index in [0.29, 0.717) is 0 Å². The highest BCUT2D eigenvalue weighted by atomic mass is 79.9. The third-order valence-corrected chi connectivity index (χ3v) is 5.40. The minimum atomic E-state index is 0.971. The molecule has 1 aromatic rings. The van der Waals surface area contributed by atoms with Crippen molar-refractivity contribution in [1.29, 1.82) is 0 Å². The van der Waals surface area contributed by atoms with Crippen LogP contribution in [0.2, 0.25) is 0 Å². The van der Waals surface area contributed by atoms with Gasteiger partial charge in [-0.1, -0.05) is 31.7 Å². The van der Waals surface area contributed by atoms with Gasteiger partial charge in [-0.25, -0.2) is 0 Å². The first kappa shape index (κ1) is 13.6. The van der Waals surface area contributed by atoms with Crippen molar-refractivity contribution in [1.82, 2.24) is 5.32 Å². The predicted molar refractivity (Wildman–Crippen MR) is 80.1 cm³/mol. The largest absolute Gasteiger partial charge is 0.313 e. The molecular weight excluding hydrogens is 342 g/mol. The highest BCUT2D eigenvalue weighted by Crippen LogP contribution is 2.27. The van der Waals surface area contributed by atoms with Crippen LogP contribution in [-0.4, -0.2) is 6.54 Å². The molecule has 0 saturated heterocycles. The lowest BCUT2D eigenvalue weighted by atomic mass is 10.0. The number of hydrogen-bond donors (Lipinski definition) is 1. The molecule has 2 rings (SSSR count). The van der Waals surface area contributed by atoms with E-state index in [4.69, 9.17) is 0 Å². The Kier molecular flexibility index (Phi) is 5.51. The Labute approximate surface area is 121 Å². The molecule has 0 aliphatic heterocycles. The molecule has 3 heteroatoms. The number of hydrogen-bond acceptors (Lipinski definition) is 1. The summed E-state index contributed by atoms with van der Waals surface area (Å²) in [5.74, 6) is 0.985. The lowest BCUT2D eigenvalue weighted by Crippen LogP contribution is -2.17. The van der Waals surface area contributed by atoms with Crippen molar-refractivity contribution in [2.24, 2.45) is 5.92 Å². The van der Waals surface area contributed by atoms with E-state index in [2.05, 4.69) is 55.4 Å². The molecule has 0 bridgehead atoms. The topological polar surface area (TPSA) is 12.0 Å². The number of benzene rings is 1. The zero-order valence-corrected chi connectivity index (χ0v) is 13.2. The van der Waals surface area contributed by atoms with Gasteiger partial charge in [-0.05, 0) is 68.4 Å². The van der Waals surface area contributed by atoms with Gasteiger partial charge in [0.25, 0.3) is 0 Å². The zero-order chi connectivity index (χ0) is 12.1. The summed E-state index contributed by atoms with van der Waals surface area (Å²) in [7, 11) is 0. The molecule has 1 fully saturated rings. The Hall–Kier alpha value is 0.140. The number of nitrogens with one attached hydrogen (secondary N) is 1. The molecule has 0 atom stereocenters. The van der Waals surface area contributed by atoms with E-state index >= 15 is 0 Å². The summed E-state index contributed by atoms with van der Waals surface area (Å²) in [6.07, 6.45) is 7.14. The van der Waals surface area contributed by atoms with E-state index in [9.17, 15) is 0 Å². The Morgan fingerprint density at radius 1 is 1.12 bits per heavy atom. The second-order valence-corrected chi connectivity index (χ2v) is 6.57. The highest BCUT2D eigenvalue weighted by Gasteiger charge is 2.13. The average molecular weight is 361 g/mol. The van der Waals surface area contributed by atoms with E-state index in [-0.39, 0.29) is 0 Å². The second-order valence-electron chi connectivity index (χ2n) is 4.86. The first-order valence-corrected chi connectivity index (χ1v) is 7.99. The van der Waals surface area contributed by atoms with Crippen LogP contribution in [0.5, 0.6) is 0 Å². The van der Waals surface area contributed by atoms with Crippen LogP contribution in [0, 0.1) is 5.92 Å². The molecule has 1 nitrogen and oxygen atoms in total. The lowest BCUT2D eigenvalue weighted by molar-refractivity contribution is 0.477. The Bertz CT molecular complexity index is 359.